The van der Waals surface area contributed by atoms with Gasteiger partial charge in [0.2, 0.25) is 0 Å². The Kier molecular flexibility index (Phi) is 8.75. The number of benzene rings is 2. The molecule has 2 aromatic rings. The minimum atomic E-state index is 0.420. The van der Waals surface area contributed by atoms with Gasteiger partial charge in [0.1, 0.15) is 0 Å². The first kappa shape index (κ1) is 21.7. The number of hydrogen-bond acceptors (Lipinski definition) is 0. The molecular weight excluding hydrogens is 336 g/mol. The number of allylic oxidation sites excluding steroid dienone is 7. The molecule has 2 aromatic carbocycles. The van der Waals surface area contributed by atoms with Gasteiger partial charge in [-0.05, 0) is 66.2 Å². The molecule has 0 saturated carbocycles. The van der Waals surface area contributed by atoms with Gasteiger partial charge in [-0.15, -0.1) is 0 Å². The number of aryl methyl sites for hydroxylation is 1. The van der Waals surface area contributed by atoms with Crippen molar-refractivity contribution in [1.29, 1.82) is 0 Å². The van der Waals surface area contributed by atoms with Gasteiger partial charge in [0, 0.05) is 5.92 Å². The quantitative estimate of drug-likeness (QED) is 0.389. The molecule has 0 aliphatic heterocycles. The van der Waals surface area contributed by atoms with Crippen molar-refractivity contribution >= 4 is 5.57 Å². The minimum absolute atomic E-state index is 0.420. The Labute approximate surface area is 172 Å². The Morgan fingerprint density at radius 2 is 1.79 bits per heavy atom. The highest BCUT2D eigenvalue weighted by atomic mass is 14.1. The van der Waals surface area contributed by atoms with E-state index in [4.69, 9.17) is 0 Å². The predicted octanol–water partition coefficient (Wildman–Crippen LogP) is 8.29. The smallest absolute Gasteiger partial charge is 0.00213 e. The molecule has 2 rings (SSSR count). The summed E-state index contributed by atoms with van der Waals surface area (Å²) in [6.45, 7) is 13.1. The highest BCUT2D eigenvalue weighted by Gasteiger charge is 2.09. The lowest BCUT2D eigenvalue weighted by atomic mass is 9.90. The maximum absolute atomic E-state index is 4.35. The van der Waals surface area contributed by atoms with Gasteiger partial charge in [-0.1, -0.05) is 99.7 Å². The summed E-state index contributed by atoms with van der Waals surface area (Å²) in [7, 11) is 0. The van der Waals surface area contributed by atoms with Crippen LogP contribution in [0.5, 0.6) is 0 Å². The van der Waals surface area contributed by atoms with E-state index in [9.17, 15) is 0 Å². The Hall–Kier alpha value is -2.60. The molecule has 0 aliphatic carbocycles. The molecule has 0 N–H and O–H groups in total. The second-order valence-corrected chi connectivity index (χ2v) is 7.35. The van der Waals surface area contributed by atoms with Crippen LogP contribution in [0.1, 0.15) is 63.1 Å². The van der Waals surface area contributed by atoms with Crippen LogP contribution >= 0.6 is 0 Å². The summed E-state index contributed by atoms with van der Waals surface area (Å²) in [5, 5.41) is 0. The maximum atomic E-state index is 4.35. The summed E-state index contributed by atoms with van der Waals surface area (Å²) in [6.07, 6.45) is 12.2. The highest BCUT2D eigenvalue weighted by Crippen LogP contribution is 2.27. The molecule has 0 spiro atoms. The minimum Gasteiger partial charge on any atom is -0.0915 e. The topological polar surface area (TPSA) is 0 Å². The largest absolute Gasteiger partial charge is 0.0915 e. The molecule has 0 bridgehead atoms. The normalized spacial score (nSPS) is 13.7. The van der Waals surface area contributed by atoms with Gasteiger partial charge in [-0.3, -0.25) is 0 Å². The zero-order chi connectivity index (χ0) is 20.4. The van der Waals surface area contributed by atoms with Crippen molar-refractivity contribution in [2.24, 2.45) is 0 Å². The van der Waals surface area contributed by atoms with Crippen LogP contribution in [-0.2, 0) is 6.42 Å². The fraction of sp³-hybridized carbons (Fsp3) is 0.286. The number of hydrogen-bond donors (Lipinski definition) is 0. The van der Waals surface area contributed by atoms with Crippen LogP contribution in [0.3, 0.4) is 0 Å². The molecule has 28 heavy (non-hydrogen) atoms. The van der Waals surface area contributed by atoms with E-state index in [-0.39, 0.29) is 0 Å². The average molecular weight is 371 g/mol. The van der Waals surface area contributed by atoms with Gasteiger partial charge in [0.05, 0.1) is 0 Å². The molecule has 1 unspecified atom stereocenters. The van der Waals surface area contributed by atoms with Gasteiger partial charge in [0.15, 0.2) is 0 Å². The summed E-state index contributed by atoms with van der Waals surface area (Å²) >= 11 is 0. The predicted molar refractivity (Wildman–Crippen MR) is 126 cm³/mol. The molecule has 1 atom stereocenters. The third kappa shape index (κ3) is 6.23. The van der Waals surface area contributed by atoms with E-state index in [1.54, 1.807) is 0 Å². The molecule has 0 heterocycles. The first-order valence-electron chi connectivity index (χ1n) is 10.4. The van der Waals surface area contributed by atoms with E-state index in [0.29, 0.717) is 5.92 Å². The van der Waals surface area contributed by atoms with Gasteiger partial charge in [-0.25, -0.2) is 0 Å². The Morgan fingerprint density at radius 3 is 2.43 bits per heavy atom. The molecule has 0 aromatic heterocycles. The van der Waals surface area contributed by atoms with Crippen molar-refractivity contribution in [3.05, 3.63) is 113 Å². The molecule has 0 amide bonds. The average Bonchev–Trinajstić information content (AvgIpc) is 2.72. The van der Waals surface area contributed by atoms with Crippen LogP contribution in [0.2, 0.25) is 0 Å². The van der Waals surface area contributed by atoms with E-state index >= 15 is 0 Å². The Balaban J connectivity index is 2.28. The van der Waals surface area contributed by atoms with Crippen LogP contribution < -0.4 is 0 Å². The molecule has 0 saturated heterocycles. The van der Waals surface area contributed by atoms with E-state index < -0.39 is 0 Å². The fourth-order valence-corrected chi connectivity index (χ4v) is 3.47. The van der Waals surface area contributed by atoms with Crippen LogP contribution in [0, 0.1) is 0 Å². The van der Waals surface area contributed by atoms with Crippen LogP contribution in [0.15, 0.2) is 96.6 Å². The first-order valence-corrected chi connectivity index (χ1v) is 10.4. The molecule has 146 valence electrons. The lowest BCUT2D eigenvalue weighted by molar-refractivity contribution is 0.795. The highest BCUT2D eigenvalue weighted by molar-refractivity contribution is 5.76. The van der Waals surface area contributed by atoms with Crippen molar-refractivity contribution in [3.8, 4) is 0 Å². The lowest BCUT2D eigenvalue weighted by Gasteiger charge is -2.15. The van der Waals surface area contributed by atoms with Crippen molar-refractivity contribution in [1.82, 2.24) is 0 Å². The molecule has 0 fully saturated rings. The number of rotatable bonds is 9. The summed E-state index contributed by atoms with van der Waals surface area (Å²) < 4.78 is 0. The first-order chi connectivity index (χ1) is 13.6. The molecule has 0 nitrogen and oxygen atoms in total. The van der Waals surface area contributed by atoms with Crippen molar-refractivity contribution in [3.63, 3.8) is 0 Å². The maximum Gasteiger partial charge on any atom is 0.00213 e. The Morgan fingerprint density at radius 1 is 1.04 bits per heavy atom. The van der Waals surface area contributed by atoms with Crippen molar-refractivity contribution < 1.29 is 0 Å². The zero-order valence-corrected chi connectivity index (χ0v) is 17.9. The standard InChI is InChI=1S/C28H34/c1-6-13-24-15-12-18-28(21-24)25(8-3)19-22(4)23(5)20-27(14-7-2)26-16-10-9-11-17-26/h7,9-12,14-21,25H,5-6,8,13H2,1-4H3/b14-7-,22-19+,27-20+. The zero-order valence-electron chi connectivity index (χ0n) is 17.9. The van der Waals surface area contributed by atoms with Crippen LogP contribution in [0.4, 0.5) is 0 Å². The second kappa shape index (κ2) is 11.3. The lowest BCUT2D eigenvalue weighted by Crippen LogP contribution is -1.97. The Bertz CT molecular complexity index is 847. The summed E-state index contributed by atoms with van der Waals surface area (Å²) in [6, 6.07) is 19.6. The molecule has 0 radical (unpaired) electrons. The van der Waals surface area contributed by atoms with E-state index in [2.05, 4.69) is 113 Å². The van der Waals surface area contributed by atoms with Crippen molar-refractivity contribution in [2.45, 2.75) is 52.9 Å². The van der Waals surface area contributed by atoms with Gasteiger partial charge < -0.3 is 0 Å². The van der Waals surface area contributed by atoms with E-state index in [1.807, 2.05) is 0 Å². The van der Waals surface area contributed by atoms with Crippen molar-refractivity contribution in [2.75, 3.05) is 0 Å². The summed E-state index contributed by atoms with van der Waals surface area (Å²) in [5.74, 6) is 0.420. The SMILES string of the molecule is C=C(/C=C(\C=C/C)c1ccccc1)/C(C)=C/C(CC)c1cccc(CCC)c1. The van der Waals surface area contributed by atoms with E-state index in [0.717, 1.165) is 18.4 Å². The molecule has 0 aliphatic rings. The van der Waals surface area contributed by atoms with Gasteiger partial charge in [0.25, 0.3) is 0 Å². The van der Waals surface area contributed by atoms with Crippen LogP contribution in [-0.4, -0.2) is 0 Å². The third-order valence-electron chi connectivity index (χ3n) is 5.10. The molecule has 0 heteroatoms. The third-order valence-corrected chi connectivity index (χ3v) is 5.10. The second-order valence-electron chi connectivity index (χ2n) is 7.35. The van der Waals surface area contributed by atoms with Gasteiger partial charge >= 0.3 is 0 Å². The summed E-state index contributed by atoms with van der Waals surface area (Å²) in [4.78, 5) is 0. The van der Waals surface area contributed by atoms with E-state index in [1.165, 1.54) is 34.3 Å². The monoisotopic (exact) mass is 370 g/mol. The molecular formula is C28H34. The summed E-state index contributed by atoms with van der Waals surface area (Å²) in [5.41, 5.74) is 7.56. The fourth-order valence-electron chi connectivity index (χ4n) is 3.47. The van der Waals surface area contributed by atoms with Crippen LogP contribution in [0.25, 0.3) is 5.57 Å². The van der Waals surface area contributed by atoms with Gasteiger partial charge in [-0.2, -0.15) is 0 Å².